The SMILES string of the molecule is Cc1cc(C)c([N+](=O)[O-])cc1C(=O)N[C@H]1CC[C@@H](C(=O)O)C1. The molecule has 0 unspecified atom stereocenters. The van der Waals surface area contributed by atoms with Crippen LogP contribution < -0.4 is 5.32 Å². The number of nitrogens with one attached hydrogen (secondary N) is 1. The van der Waals surface area contributed by atoms with E-state index in [1.807, 2.05) is 0 Å². The number of nitro groups is 1. The van der Waals surface area contributed by atoms with E-state index in [0.717, 1.165) is 0 Å². The zero-order chi connectivity index (χ0) is 16.4. The van der Waals surface area contributed by atoms with Gasteiger partial charge in [-0.2, -0.15) is 0 Å². The third kappa shape index (κ3) is 3.24. The number of aryl methyl sites for hydroxylation is 2. The molecule has 1 amide bonds. The number of nitrogens with zero attached hydrogens (tertiary/aromatic N) is 1. The van der Waals surface area contributed by atoms with Crippen LogP contribution >= 0.6 is 0 Å². The van der Waals surface area contributed by atoms with E-state index in [0.29, 0.717) is 30.4 Å². The molecule has 0 radical (unpaired) electrons. The quantitative estimate of drug-likeness (QED) is 0.654. The van der Waals surface area contributed by atoms with Crippen LogP contribution in [-0.2, 0) is 4.79 Å². The normalized spacial score (nSPS) is 20.6. The molecule has 1 aliphatic carbocycles. The number of carbonyl (C=O) groups is 2. The summed E-state index contributed by atoms with van der Waals surface area (Å²) in [5.74, 6) is -1.67. The number of carboxylic acids is 1. The standard InChI is InChI=1S/C15H18N2O5/c1-8-5-9(2)13(17(21)22)7-12(8)14(18)16-11-4-3-10(6-11)15(19)20/h5,7,10-11H,3-4,6H2,1-2H3,(H,16,18)(H,19,20)/t10-,11+/m1/s1. The predicted octanol–water partition coefficient (Wildman–Crippen LogP) is 2.19. The van der Waals surface area contributed by atoms with Crippen molar-refractivity contribution in [2.75, 3.05) is 0 Å². The molecule has 2 rings (SSSR count). The van der Waals surface area contributed by atoms with E-state index in [1.165, 1.54) is 6.07 Å². The number of nitro benzene ring substituents is 1. The van der Waals surface area contributed by atoms with Crippen LogP contribution in [-0.4, -0.2) is 27.9 Å². The molecule has 1 aromatic carbocycles. The maximum absolute atomic E-state index is 12.3. The Morgan fingerprint density at radius 1 is 1.27 bits per heavy atom. The zero-order valence-electron chi connectivity index (χ0n) is 12.5. The van der Waals surface area contributed by atoms with Gasteiger partial charge in [0.15, 0.2) is 0 Å². The highest BCUT2D eigenvalue weighted by molar-refractivity contribution is 5.96. The lowest BCUT2D eigenvalue weighted by Crippen LogP contribution is -2.33. The maximum Gasteiger partial charge on any atom is 0.306 e. The summed E-state index contributed by atoms with van der Waals surface area (Å²) < 4.78 is 0. The fourth-order valence-electron chi connectivity index (χ4n) is 2.88. The van der Waals surface area contributed by atoms with Crippen LogP contribution in [0.3, 0.4) is 0 Å². The molecule has 118 valence electrons. The van der Waals surface area contributed by atoms with Gasteiger partial charge in [0, 0.05) is 23.2 Å². The number of amides is 1. The van der Waals surface area contributed by atoms with Crippen LogP contribution in [0.15, 0.2) is 12.1 Å². The Balaban J connectivity index is 2.15. The van der Waals surface area contributed by atoms with Gasteiger partial charge in [0.1, 0.15) is 0 Å². The molecule has 1 aliphatic rings. The third-order valence-corrected chi connectivity index (χ3v) is 4.10. The zero-order valence-corrected chi connectivity index (χ0v) is 12.5. The molecule has 7 heteroatoms. The molecule has 0 bridgehead atoms. The van der Waals surface area contributed by atoms with Crippen molar-refractivity contribution in [3.63, 3.8) is 0 Å². The fourth-order valence-corrected chi connectivity index (χ4v) is 2.88. The summed E-state index contributed by atoms with van der Waals surface area (Å²) in [5.41, 5.74) is 1.33. The average molecular weight is 306 g/mol. The molecule has 0 aromatic heterocycles. The summed E-state index contributed by atoms with van der Waals surface area (Å²) in [6.07, 6.45) is 1.54. The van der Waals surface area contributed by atoms with Gasteiger partial charge in [-0.25, -0.2) is 0 Å². The second-order valence-corrected chi connectivity index (χ2v) is 5.73. The summed E-state index contributed by atoms with van der Waals surface area (Å²) in [5, 5.41) is 22.7. The summed E-state index contributed by atoms with van der Waals surface area (Å²) in [4.78, 5) is 33.7. The van der Waals surface area contributed by atoms with Crippen molar-refractivity contribution >= 4 is 17.6 Å². The van der Waals surface area contributed by atoms with Crippen molar-refractivity contribution in [2.45, 2.75) is 39.2 Å². The van der Waals surface area contributed by atoms with Crippen molar-refractivity contribution < 1.29 is 19.6 Å². The van der Waals surface area contributed by atoms with Gasteiger partial charge in [-0.1, -0.05) is 0 Å². The molecule has 0 saturated heterocycles. The first-order chi connectivity index (χ1) is 10.3. The number of carboxylic acid groups (broad SMARTS) is 1. The molecular weight excluding hydrogens is 288 g/mol. The summed E-state index contributed by atoms with van der Waals surface area (Å²) in [7, 11) is 0. The lowest BCUT2D eigenvalue weighted by atomic mass is 10.0. The number of rotatable bonds is 4. The van der Waals surface area contributed by atoms with Crippen molar-refractivity contribution in [1.29, 1.82) is 0 Å². The molecular formula is C15H18N2O5. The van der Waals surface area contributed by atoms with E-state index in [1.54, 1.807) is 19.9 Å². The van der Waals surface area contributed by atoms with Crippen LogP contribution in [0.25, 0.3) is 0 Å². The molecule has 0 aliphatic heterocycles. The first kappa shape index (κ1) is 15.9. The third-order valence-electron chi connectivity index (χ3n) is 4.10. The van der Waals surface area contributed by atoms with Gasteiger partial charge < -0.3 is 10.4 Å². The second-order valence-electron chi connectivity index (χ2n) is 5.73. The number of aliphatic carboxylic acids is 1. The summed E-state index contributed by atoms with van der Waals surface area (Å²) in [6.45, 7) is 3.35. The summed E-state index contributed by atoms with van der Waals surface area (Å²) in [6, 6.07) is 2.69. The number of carbonyl (C=O) groups excluding carboxylic acids is 1. The molecule has 2 N–H and O–H groups in total. The van der Waals surface area contributed by atoms with E-state index in [9.17, 15) is 19.7 Å². The van der Waals surface area contributed by atoms with Crippen LogP contribution in [0.1, 0.15) is 40.7 Å². The molecule has 0 heterocycles. The largest absolute Gasteiger partial charge is 0.481 e. The monoisotopic (exact) mass is 306 g/mol. The van der Waals surface area contributed by atoms with Gasteiger partial charge in [0.2, 0.25) is 0 Å². The Hall–Kier alpha value is -2.44. The van der Waals surface area contributed by atoms with E-state index in [4.69, 9.17) is 5.11 Å². The predicted molar refractivity (Wildman–Crippen MR) is 78.8 cm³/mol. The van der Waals surface area contributed by atoms with Gasteiger partial charge in [-0.05, 0) is 44.7 Å². The van der Waals surface area contributed by atoms with Crippen LogP contribution in [0.2, 0.25) is 0 Å². The average Bonchev–Trinajstić information content (AvgIpc) is 2.86. The van der Waals surface area contributed by atoms with E-state index in [-0.39, 0.29) is 17.3 Å². The maximum atomic E-state index is 12.3. The van der Waals surface area contributed by atoms with Crippen LogP contribution in [0, 0.1) is 29.9 Å². The van der Waals surface area contributed by atoms with Crippen molar-refractivity contribution in [2.24, 2.45) is 5.92 Å². The Bertz CT molecular complexity index is 641. The summed E-state index contributed by atoms with van der Waals surface area (Å²) >= 11 is 0. The number of hydrogen-bond acceptors (Lipinski definition) is 4. The van der Waals surface area contributed by atoms with E-state index in [2.05, 4.69) is 5.32 Å². The first-order valence-electron chi connectivity index (χ1n) is 7.09. The second kappa shape index (κ2) is 6.13. The number of hydrogen-bond donors (Lipinski definition) is 2. The van der Waals surface area contributed by atoms with Crippen molar-refractivity contribution in [3.8, 4) is 0 Å². The molecule has 1 saturated carbocycles. The Morgan fingerprint density at radius 2 is 1.95 bits per heavy atom. The van der Waals surface area contributed by atoms with Gasteiger partial charge in [0.25, 0.3) is 11.6 Å². The smallest absolute Gasteiger partial charge is 0.306 e. The molecule has 1 aromatic rings. The van der Waals surface area contributed by atoms with E-state index >= 15 is 0 Å². The Labute approximate surface area is 127 Å². The van der Waals surface area contributed by atoms with Crippen LogP contribution in [0.4, 0.5) is 5.69 Å². The topological polar surface area (TPSA) is 110 Å². The Morgan fingerprint density at radius 3 is 2.50 bits per heavy atom. The Kier molecular flexibility index (Phi) is 4.44. The van der Waals surface area contributed by atoms with Crippen molar-refractivity contribution in [1.82, 2.24) is 5.32 Å². The first-order valence-corrected chi connectivity index (χ1v) is 7.09. The fraction of sp³-hybridized carbons (Fsp3) is 0.467. The van der Waals surface area contributed by atoms with Crippen molar-refractivity contribution in [3.05, 3.63) is 38.9 Å². The molecule has 22 heavy (non-hydrogen) atoms. The highest BCUT2D eigenvalue weighted by Crippen LogP contribution is 2.27. The minimum atomic E-state index is -0.848. The lowest BCUT2D eigenvalue weighted by Gasteiger charge is -2.14. The molecule has 7 nitrogen and oxygen atoms in total. The van der Waals surface area contributed by atoms with Gasteiger partial charge in [-0.3, -0.25) is 19.7 Å². The number of benzene rings is 1. The minimum Gasteiger partial charge on any atom is -0.481 e. The van der Waals surface area contributed by atoms with Gasteiger partial charge in [-0.15, -0.1) is 0 Å². The van der Waals surface area contributed by atoms with E-state index < -0.39 is 22.7 Å². The highest BCUT2D eigenvalue weighted by Gasteiger charge is 2.31. The lowest BCUT2D eigenvalue weighted by molar-refractivity contribution is -0.385. The van der Waals surface area contributed by atoms with Gasteiger partial charge >= 0.3 is 5.97 Å². The minimum absolute atomic E-state index is 0.0921. The molecule has 0 spiro atoms. The molecule has 2 atom stereocenters. The highest BCUT2D eigenvalue weighted by atomic mass is 16.6. The van der Waals surface area contributed by atoms with Gasteiger partial charge in [0.05, 0.1) is 10.8 Å². The molecule has 1 fully saturated rings. The van der Waals surface area contributed by atoms with Crippen LogP contribution in [0.5, 0.6) is 0 Å².